The van der Waals surface area contributed by atoms with E-state index in [1.807, 2.05) is 50.2 Å². The lowest BCUT2D eigenvalue weighted by Gasteiger charge is -2.33. The van der Waals surface area contributed by atoms with E-state index in [4.69, 9.17) is 0 Å². The van der Waals surface area contributed by atoms with E-state index in [9.17, 15) is 9.59 Å². The highest BCUT2D eigenvalue weighted by Gasteiger charge is 2.21. The van der Waals surface area contributed by atoms with Gasteiger partial charge in [-0.1, -0.05) is 31.2 Å². The maximum Gasteiger partial charge on any atom is 0.238 e. The number of benzene rings is 2. The van der Waals surface area contributed by atoms with Crippen LogP contribution < -0.4 is 10.6 Å². The number of hydrogen-bond donors (Lipinski definition) is 2. The average Bonchev–Trinajstić information content (AvgIpc) is 2.73. The molecule has 2 N–H and O–H groups in total. The standard InChI is InChI=1S/C24H32N4O2/c1-4-20-8-6-9-21(15-20)25-23(29)16-27-11-13-28(14-12-27)17-24(30)26-22-10-5-7-18(2)19(22)3/h5-10,15H,4,11-14,16-17H2,1-3H3,(H,25,29)(H,26,30). The van der Waals surface area contributed by atoms with Crippen molar-refractivity contribution in [3.05, 3.63) is 59.2 Å². The third-order valence-electron chi connectivity index (χ3n) is 5.70. The number of carbonyl (C=O) groups is 2. The second kappa shape index (κ2) is 10.4. The molecule has 0 radical (unpaired) electrons. The summed E-state index contributed by atoms with van der Waals surface area (Å²) in [6.07, 6.45) is 0.947. The lowest BCUT2D eigenvalue weighted by molar-refractivity contribution is -0.120. The number of anilines is 2. The van der Waals surface area contributed by atoms with Crippen LogP contribution in [0.15, 0.2) is 42.5 Å². The summed E-state index contributed by atoms with van der Waals surface area (Å²) in [5, 5.41) is 6.01. The van der Waals surface area contributed by atoms with Gasteiger partial charge in [-0.15, -0.1) is 0 Å². The summed E-state index contributed by atoms with van der Waals surface area (Å²) in [6.45, 7) is 10.0. The summed E-state index contributed by atoms with van der Waals surface area (Å²) in [5.41, 5.74) is 5.20. The zero-order valence-electron chi connectivity index (χ0n) is 18.2. The molecule has 160 valence electrons. The van der Waals surface area contributed by atoms with Crippen molar-refractivity contribution in [3.63, 3.8) is 0 Å². The van der Waals surface area contributed by atoms with Crippen molar-refractivity contribution in [1.82, 2.24) is 9.80 Å². The van der Waals surface area contributed by atoms with Crippen LogP contribution in [-0.4, -0.2) is 60.9 Å². The topological polar surface area (TPSA) is 64.7 Å². The van der Waals surface area contributed by atoms with E-state index in [1.54, 1.807) is 0 Å². The first kappa shape index (κ1) is 22.0. The smallest absolute Gasteiger partial charge is 0.238 e. The summed E-state index contributed by atoms with van der Waals surface area (Å²) in [4.78, 5) is 29.1. The van der Waals surface area contributed by atoms with E-state index in [0.29, 0.717) is 13.1 Å². The molecule has 0 unspecified atom stereocenters. The zero-order chi connectivity index (χ0) is 21.5. The molecule has 2 aromatic rings. The fourth-order valence-corrected chi connectivity index (χ4v) is 3.66. The number of nitrogens with zero attached hydrogens (tertiary/aromatic N) is 2. The van der Waals surface area contributed by atoms with Gasteiger partial charge in [0.25, 0.3) is 0 Å². The molecule has 6 nitrogen and oxygen atoms in total. The number of hydrogen-bond acceptors (Lipinski definition) is 4. The summed E-state index contributed by atoms with van der Waals surface area (Å²) in [7, 11) is 0. The van der Waals surface area contributed by atoms with Gasteiger partial charge in [0.05, 0.1) is 13.1 Å². The van der Waals surface area contributed by atoms with Crippen molar-refractivity contribution < 1.29 is 9.59 Å². The molecule has 0 bridgehead atoms. The molecule has 3 rings (SSSR count). The first-order chi connectivity index (χ1) is 14.4. The van der Waals surface area contributed by atoms with Crippen molar-refractivity contribution in [1.29, 1.82) is 0 Å². The zero-order valence-corrected chi connectivity index (χ0v) is 18.2. The van der Waals surface area contributed by atoms with Crippen LogP contribution in [0.2, 0.25) is 0 Å². The first-order valence-corrected chi connectivity index (χ1v) is 10.6. The monoisotopic (exact) mass is 408 g/mol. The van der Waals surface area contributed by atoms with Crippen LogP contribution in [0.3, 0.4) is 0 Å². The van der Waals surface area contributed by atoms with E-state index >= 15 is 0 Å². The maximum absolute atomic E-state index is 12.4. The first-order valence-electron chi connectivity index (χ1n) is 10.6. The van der Waals surface area contributed by atoms with Crippen LogP contribution in [-0.2, 0) is 16.0 Å². The van der Waals surface area contributed by atoms with Gasteiger partial charge in [0, 0.05) is 37.6 Å². The predicted molar refractivity (Wildman–Crippen MR) is 122 cm³/mol. The number of aryl methyl sites for hydroxylation is 2. The normalized spacial score (nSPS) is 15.0. The fourth-order valence-electron chi connectivity index (χ4n) is 3.66. The number of nitrogens with one attached hydrogen (secondary N) is 2. The van der Waals surface area contributed by atoms with Crippen LogP contribution >= 0.6 is 0 Å². The molecule has 0 aliphatic carbocycles. The second-order valence-electron chi connectivity index (χ2n) is 7.95. The molecule has 0 spiro atoms. The molecule has 1 heterocycles. The Kier molecular flexibility index (Phi) is 7.60. The number of carbonyl (C=O) groups excluding carboxylic acids is 2. The molecule has 1 saturated heterocycles. The van der Waals surface area contributed by atoms with Gasteiger partial charge in [0.2, 0.25) is 11.8 Å². The molecule has 0 atom stereocenters. The minimum absolute atomic E-state index is 0.00405. The van der Waals surface area contributed by atoms with E-state index in [2.05, 4.69) is 33.4 Å². The van der Waals surface area contributed by atoms with Gasteiger partial charge in [-0.2, -0.15) is 0 Å². The van der Waals surface area contributed by atoms with Crippen molar-refractivity contribution in [2.45, 2.75) is 27.2 Å². The van der Waals surface area contributed by atoms with Crippen molar-refractivity contribution in [3.8, 4) is 0 Å². The summed E-state index contributed by atoms with van der Waals surface area (Å²) >= 11 is 0. The molecule has 2 amide bonds. The lowest BCUT2D eigenvalue weighted by atomic mass is 10.1. The van der Waals surface area contributed by atoms with Gasteiger partial charge >= 0.3 is 0 Å². The van der Waals surface area contributed by atoms with E-state index in [0.717, 1.165) is 49.5 Å². The van der Waals surface area contributed by atoms with Gasteiger partial charge in [-0.25, -0.2) is 0 Å². The van der Waals surface area contributed by atoms with Crippen LogP contribution in [0, 0.1) is 13.8 Å². The van der Waals surface area contributed by atoms with Crippen molar-refractivity contribution >= 4 is 23.2 Å². The largest absolute Gasteiger partial charge is 0.325 e. The van der Waals surface area contributed by atoms with Crippen LogP contribution in [0.5, 0.6) is 0 Å². The molecule has 0 saturated carbocycles. The SMILES string of the molecule is CCc1cccc(NC(=O)CN2CCN(CC(=O)Nc3cccc(C)c3C)CC2)c1. The van der Waals surface area contributed by atoms with Crippen LogP contribution in [0.25, 0.3) is 0 Å². The minimum Gasteiger partial charge on any atom is -0.325 e. The Labute approximate surface area is 179 Å². The molecule has 6 heteroatoms. The highest BCUT2D eigenvalue weighted by molar-refractivity contribution is 5.93. The van der Waals surface area contributed by atoms with Gasteiger partial charge in [-0.3, -0.25) is 19.4 Å². The van der Waals surface area contributed by atoms with E-state index in [1.165, 1.54) is 11.1 Å². The lowest BCUT2D eigenvalue weighted by Crippen LogP contribution is -2.50. The van der Waals surface area contributed by atoms with Gasteiger partial charge < -0.3 is 10.6 Å². The Bertz CT molecular complexity index is 889. The molecule has 2 aromatic carbocycles. The van der Waals surface area contributed by atoms with Crippen LogP contribution in [0.1, 0.15) is 23.6 Å². The summed E-state index contributed by atoms with van der Waals surface area (Å²) in [5.74, 6) is 0.00932. The molecule has 1 aliphatic heterocycles. The second-order valence-corrected chi connectivity index (χ2v) is 7.95. The van der Waals surface area contributed by atoms with Gasteiger partial charge in [-0.05, 0) is 55.2 Å². The molecule has 1 fully saturated rings. The molecule has 0 aromatic heterocycles. The number of amides is 2. The Morgan fingerprint density at radius 2 is 1.47 bits per heavy atom. The highest BCUT2D eigenvalue weighted by atomic mass is 16.2. The summed E-state index contributed by atoms with van der Waals surface area (Å²) < 4.78 is 0. The van der Waals surface area contributed by atoms with Crippen molar-refractivity contribution in [2.75, 3.05) is 49.9 Å². The quantitative estimate of drug-likeness (QED) is 0.739. The molecular weight excluding hydrogens is 376 g/mol. The predicted octanol–water partition coefficient (Wildman–Crippen LogP) is 3.06. The highest BCUT2D eigenvalue weighted by Crippen LogP contribution is 2.18. The molecular formula is C24H32N4O2. The number of rotatable bonds is 7. The fraction of sp³-hybridized carbons (Fsp3) is 0.417. The van der Waals surface area contributed by atoms with Crippen LogP contribution in [0.4, 0.5) is 11.4 Å². The Morgan fingerprint density at radius 3 is 2.10 bits per heavy atom. The van der Waals surface area contributed by atoms with E-state index in [-0.39, 0.29) is 11.8 Å². The molecule has 1 aliphatic rings. The Morgan fingerprint density at radius 1 is 0.867 bits per heavy atom. The third kappa shape index (κ3) is 6.15. The average molecular weight is 409 g/mol. The van der Waals surface area contributed by atoms with E-state index < -0.39 is 0 Å². The molecule has 30 heavy (non-hydrogen) atoms. The minimum atomic E-state index is 0.00405. The Balaban J connectivity index is 1.41. The number of piperazine rings is 1. The Hall–Kier alpha value is -2.70. The van der Waals surface area contributed by atoms with Crippen molar-refractivity contribution in [2.24, 2.45) is 0 Å². The third-order valence-corrected chi connectivity index (χ3v) is 5.70. The van der Waals surface area contributed by atoms with Gasteiger partial charge in [0.1, 0.15) is 0 Å². The maximum atomic E-state index is 12.4. The summed E-state index contributed by atoms with van der Waals surface area (Å²) in [6, 6.07) is 13.9. The van der Waals surface area contributed by atoms with Gasteiger partial charge in [0.15, 0.2) is 0 Å².